The van der Waals surface area contributed by atoms with E-state index in [1.807, 2.05) is 0 Å². The zero-order valence-corrected chi connectivity index (χ0v) is 9.05. The summed E-state index contributed by atoms with van der Waals surface area (Å²) in [5, 5.41) is 4.61. The van der Waals surface area contributed by atoms with E-state index in [1.165, 1.54) is 43.1 Å². The van der Waals surface area contributed by atoms with Gasteiger partial charge in [-0.1, -0.05) is 0 Å². The number of hydrogen-bond donors (Lipinski definition) is 1. The van der Waals surface area contributed by atoms with Crippen molar-refractivity contribution in [2.24, 2.45) is 0 Å². The minimum Gasteiger partial charge on any atom is -0.312 e. The molecule has 70 valence electrons. The summed E-state index contributed by atoms with van der Waals surface area (Å²) in [5.74, 6) is 4.11. The highest BCUT2D eigenvalue weighted by molar-refractivity contribution is 8.00. The Hall–Kier alpha value is 0.660. The molecule has 3 heteroatoms. The van der Waals surface area contributed by atoms with E-state index >= 15 is 0 Å². The molecule has 2 atom stereocenters. The Bertz CT molecular complexity index is 112. The van der Waals surface area contributed by atoms with Crippen LogP contribution in [0, 0.1) is 0 Å². The van der Waals surface area contributed by atoms with Crippen LogP contribution in [-0.2, 0) is 0 Å². The van der Waals surface area contributed by atoms with E-state index < -0.39 is 0 Å². The average Bonchev–Trinajstić information content (AvgIpc) is 2.74. The third-order valence-electron chi connectivity index (χ3n) is 2.59. The van der Waals surface area contributed by atoms with Gasteiger partial charge >= 0.3 is 0 Å². The number of rotatable bonds is 3. The lowest BCUT2D eigenvalue weighted by molar-refractivity contribution is 0.546. The van der Waals surface area contributed by atoms with Crippen LogP contribution in [0.15, 0.2) is 0 Å². The Morgan fingerprint density at radius 3 is 2.92 bits per heavy atom. The molecule has 2 aliphatic rings. The third kappa shape index (κ3) is 2.57. The molecule has 2 unspecified atom stereocenters. The van der Waals surface area contributed by atoms with Crippen LogP contribution in [0.2, 0.25) is 0 Å². The zero-order valence-electron chi connectivity index (χ0n) is 7.42. The van der Waals surface area contributed by atoms with Gasteiger partial charge in [0.15, 0.2) is 0 Å². The first-order chi connectivity index (χ1) is 5.95. The van der Waals surface area contributed by atoms with Crippen molar-refractivity contribution in [3.8, 4) is 0 Å². The molecule has 0 radical (unpaired) electrons. The molecule has 12 heavy (non-hydrogen) atoms. The predicted octanol–water partition coefficient (Wildman–Crippen LogP) is 1.98. The van der Waals surface area contributed by atoms with Crippen LogP contribution in [0.5, 0.6) is 0 Å². The molecular formula is C9H17NS2. The van der Waals surface area contributed by atoms with Gasteiger partial charge in [-0.05, 0) is 30.8 Å². The van der Waals surface area contributed by atoms with Crippen LogP contribution >= 0.6 is 23.5 Å². The molecule has 0 bridgehead atoms. The average molecular weight is 203 g/mol. The highest BCUT2D eigenvalue weighted by Crippen LogP contribution is 2.26. The maximum atomic E-state index is 3.68. The van der Waals surface area contributed by atoms with Crippen LogP contribution in [0.3, 0.4) is 0 Å². The zero-order chi connectivity index (χ0) is 8.23. The summed E-state index contributed by atoms with van der Waals surface area (Å²) in [6.07, 6.45) is 4.27. The summed E-state index contributed by atoms with van der Waals surface area (Å²) in [7, 11) is 0. The van der Waals surface area contributed by atoms with Crippen molar-refractivity contribution in [3.05, 3.63) is 0 Å². The molecule has 2 rings (SSSR count). The molecule has 0 saturated carbocycles. The number of hydrogen-bond acceptors (Lipinski definition) is 3. The predicted molar refractivity (Wildman–Crippen MR) is 59.2 cm³/mol. The van der Waals surface area contributed by atoms with E-state index in [1.54, 1.807) is 0 Å². The Balaban J connectivity index is 1.60. The summed E-state index contributed by atoms with van der Waals surface area (Å²) in [4.78, 5) is 0. The molecule has 1 nitrogen and oxygen atoms in total. The Labute approximate surface area is 83.4 Å². The normalized spacial score (nSPS) is 36.0. The van der Waals surface area contributed by atoms with Gasteiger partial charge in [-0.2, -0.15) is 23.5 Å². The smallest absolute Gasteiger partial charge is 0.0172 e. The molecule has 0 aromatic carbocycles. The van der Waals surface area contributed by atoms with Crippen LogP contribution in [0.1, 0.15) is 19.3 Å². The van der Waals surface area contributed by atoms with Crippen molar-refractivity contribution in [2.75, 3.05) is 23.8 Å². The lowest BCUT2D eigenvalue weighted by Crippen LogP contribution is -2.33. The fourth-order valence-electron chi connectivity index (χ4n) is 1.80. The van der Waals surface area contributed by atoms with Gasteiger partial charge in [-0.15, -0.1) is 0 Å². The molecule has 0 aliphatic carbocycles. The van der Waals surface area contributed by atoms with E-state index in [9.17, 15) is 0 Å². The molecular weight excluding hydrogens is 186 g/mol. The van der Waals surface area contributed by atoms with Gasteiger partial charge in [0.2, 0.25) is 0 Å². The maximum Gasteiger partial charge on any atom is 0.0172 e. The molecule has 2 saturated heterocycles. The summed E-state index contributed by atoms with van der Waals surface area (Å²) in [6, 6.07) is 0.830. The monoisotopic (exact) mass is 203 g/mol. The van der Waals surface area contributed by atoms with Crippen LogP contribution in [0.4, 0.5) is 0 Å². The molecule has 2 aliphatic heterocycles. The topological polar surface area (TPSA) is 12.0 Å². The van der Waals surface area contributed by atoms with Crippen molar-refractivity contribution in [2.45, 2.75) is 30.6 Å². The second-order valence-corrected chi connectivity index (χ2v) is 6.16. The van der Waals surface area contributed by atoms with Crippen molar-refractivity contribution in [1.29, 1.82) is 0 Å². The van der Waals surface area contributed by atoms with E-state index in [-0.39, 0.29) is 0 Å². The molecule has 0 amide bonds. The van der Waals surface area contributed by atoms with Crippen LogP contribution in [0.25, 0.3) is 0 Å². The molecule has 1 N–H and O–H groups in total. The van der Waals surface area contributed by atoms with E-state index in [2.05, 4.69) is 28.8 Å². The molecule has 2 heterocycles. The van der Waals surface area contributed by atoms with E-state index in [4.69, 9.17) is 0 Å². The summed E-state index contributed by atoms with van der Waals surface area (Å²) in [6.45, 7) is 1.26. The van der Waals surface area contributed by atoms with Crippen LogP contribution in [-0.4, -0.2) is 35.1 Å². The van der Waals surface area contributed by atoms with E-state index in [0.29, 0.717) is 0 Å². The van der Waals surface area contributed by atoms with Crippen LogP contribution < -0.4 is 5.32 Å². The first-order valence-electron chi connectivity index (χ1n) is 4.88. The second-order valence-electron chi connectivity index (χ2n) is 3.60. The largest absolute Gasteiger partial charge is 0.312 e. The number of thioether (sulfide) groups is 2. The fraction of sp³-hybridized carbons (Fsp3) is 1.00. The minimum absolute atomic E-state index is 0.830. The van der Waals surface area contributed by atoms with Gasteiger partial charge in [-0.25, -0.2) is 0 Å². The quantitative estimate of drug-likeness (QED) is 0.753. The Morgan fingerprint density at radius 2 is 2.25 bits per heavy atom. The Morgan fingerprint density at radius 1 is 1.25 bits per heavy atom. The van der Waals surface area contributed by atoms with Crippen molar-refractivity contribution < 1.29 is 0 Å². The summed E-state index contributed by atoms with van der Waals surface area (Å²) < 4.78 is 0. The van der Waals surface area contributed by atoms with Gasteiger partial charge in [0.05, 0.1) is 0 Å². The summed E-state index contributed by atoms with van der Waals surface area (Å²) in [5.41, 5.74) is 0. The highest BCUT2D eigenvalue weighted by atomic mass is 32.2. The molecule has 2 fully saturated rings. The maximum absolute atomic E-state index is 3.68. The third-order valence-corrected chi connectivity index (χ3v) is 5.15. The second kappa shape index (κ2) is 4.77. The van der Waals surface area contributed by atoms with E-state index in [0.717, 1.165) is 11.3 Å². The lowest BCUT2D eigenvalue weighted by Gasteiger charge is -2.14. The van der Waals surface area contributed by atoms with Crippen molar-refractivity contribution in [3.63, 3.8) is 0 Å². The number of nitrogens with one attached hydrogen (secondary N) is 1. The van der Waals surface area contributed by atoms with Gasteiger partial charge in [-0.3, -0.25) is 0 Å². The van der Waals surface area contributed by atoms with Gasteiger partial charge in [0, 0.05) is 23.6 Å². The first kappa shape index (κ1) is 9.22. The standard InChI is InChI=1S/C9H17NS2/c1-2-9(12-4-1)6-10-8-3-5-11-7-8/h8-10H,1-7H2. The highest BCUT2D eigenvalue weighted by Gasteiger charge is 2.19. The van der Waals surface area contributed by atoms with Crippen molar-refractivity contribution >= 4 is 23.5 Å². The molecule has 0 spiro atoms. The summed E-state index contributed by atoms with van der Waals surface area (Å²) >= 11 is 4.25. The Kier molecular flexibility index (Phi) is 3.67. The van der Waals surface area contributed by atoms with Gasteiger partial charge in [0.1, 0.15) is 0 Å². The van der Waals surface area contributed by atoms with Gasteiger partial charge in [0.25, 0.3) is 0 Å². The molecule has 0 aromatic rings. The van der Waals surface area contributed by atoms with Gasteiger partial charge < -0.3 is 5.32 Å². The first-order valence-corrected chi connectivity index (χ1v) is 7.08. The minimum atomic E-state index is 0.830. The van der Waals surface area contributed by atoms with Crippen molar-refractivity contribution in [1.82, 2.24) is 5.32 Å². The molecule has 0 aromatic heterocycles. The fourth-order valence-corrected chi connectivity index (χ4v) is 4.20. The lowest BCUT2D eigenvalue weighted by atomic mass is 10.2. The SMILES string of the molecule is C1CSC(CNC2CCSC2)C1.